The van der Waals surface area contributed by atoms with Crippen LogP contribution in [-0.2, 0) is 16.0 Å². The van der Waals surface area contributed by atoms with E-state index in [1.807, 2.05) is 60.7 Å². The third-order valence-electron chi connectivity index (χ3n) is 4.58. The zero-order chi connectivity index (χ0) is 20.8. The molecule has 0 aliphatic rings. The largest absolute Gasteiger partial charge is 0.480 e. The van der Waals surface area contributed by atoms with Gasteiger partial charge in [0.25, 0.3) is 0 Å². The van der Waals surface area contributed by atoms with E-state index in [9.17, 15) is 14.7 Å². The summed E-state index contributed by atoms with van der Waals surface area (Å²) < 4.78 is 0. The SMILES string of the molecule is O=C(N[C@H](Cc1ccc(Cl)cc1Cl)C(=O)O)C(c1ccccc1)c1ccccc1. The number of carbonyl (C=O) groups excluding carboxylic acids is 1. The van der Waals surface area contributed by atoms with Crippen molar-refractivity contribution in [3.63, 3.8) is 0 Å². The van der Waals surface area contributed by atoms with Crippen LogP contribution in [0.4, 0.5) is 0 Å². The first-order valence-corrected chi connectivity index (χ1v) is 9.78. The molecule has 0 bridgehead atoms. The highest BCUT2D eigenvalue weighted by molar-refractivity contribution is 6.35. The molecule has 3 rings (SSSR count). The minimum atomic E-state index is -1.13. The average Bonchev–Trinajstić information content (AvgIpc) is 2.71. The van der Waals surface area contributed by atoms with Crippen molar-refractivity contribution in [3.05, 3.63) is 106 Å². The molecular formula is C23H19Cl2NO3. The molecule has 1 atom stereocenters. The molecule has 0 unspecified atom stereocenters. The Morgan fingerprint density at radius 2 is 1.41 bits per heavy atom. The number of rotatable bonds is 7. The van der Waals surface area contributed by atoms with Crippen LogP contribution in [0, 0.1) is 0 Å². The van der Waals surface area contributed by atoms with Gasteiger partial charge in [0.15, 0.2) is 0 Å². The molecule has 0 saturated carbocycles. The van der Waals surface area contributed by atoms with Crippen LogP contribution >= 0.6 is 23.2 Å². The van der Waals surface area contributed by atoms with Crippen molar-refractivity contribution in [2.45, 2.75) is 18.4 Å². The summed E-state index contributed by atoms with van der Waals surface area (Å²) in [6.45, 7) is 0. The Bertz CT molecular complexity index is 954. The van der Waals surface area contributed by atoms with E-state index in [4.69, 9.17) is 23.2 Å². The van der Waals surface area contributed by atoms with E-state index in [1.165, 1.54) is 0 Å². The fourth-order valence-electron chi connectivity index (χ4n) is 3.15. The first kappa shape index (κ1) is 20.9. The van der Waals surface area contributed by atoms with Gasteiger partial charge < -0.3 is 10.4 Å². The topological polar surface area (TPSA) is 66.4 Å². The number of benzene rings is 3. The second-order valence-electron chi connectivity index (χ2n) is 6.59. The molecule has 0 spiro atoms. The number of halogens is 2. The molecule has 0 heterocycles. The summed E-state index contributed by atoms with van der Waals surface area (Å²) in [6.07, 6.45) is 0.0490. The van der Waals surface area contributed by atoms with Gasteiger partial charge in [-0.25, -0.2) is 4.79 Å². The quantitative estimate of drug-likeness (QED) is 0.561. The highest BCUT2D eigenvalue weighted by atomic mass is 35.5. The van der Waals surface area contributed by atoms with Gasteiger partial charge in [-0.15, -0.1) is 0 Å². The van der Waals surface area contributed by atoms with Gasteiger partial charge in [0, 0.05) is 16.5 Å². The number of aliphatic carboxylic acids is 1. The first-order valence-electron chi connectivity index (χ1n) is 9.02. The number of carboxylic acids is 1. The highest BCUT2D eigenvalue weighted by Gasteiger charge is 2.28. The van der Waals surface area contributed by atoms with Gasteiger partial charge in [-0.2, -0.15) is 0 Å². The van der Waals surface area contributed by atoms with Crippen LogP contribution in [0.5, 0.6) is 0 Å². The normalized spacial score (nSPS) is 11.8. The van der Waals surface area contributed by atoms with Crippen molar-refractivity contribution in [2.75, 3.05) is 0 Å². The van der Waals surface area contributed by atoms with Gasteiger partial charge in [-0.05, 0) is 28.8 Å². The molecule has 0 radical (unpaired) electrons. The molecule has 6 heteroatoms. The van der Waals surface area contributed by atoms with Gasteiger partial charge in [-0.3, -0.25) is 4.79 Å². The third-order valence-corrected chi connectivity index (χ3v) is 5.17. The van der Waals surface area contributed by atoms with Gasteiger partial charge >= 0.3 is 5.97 Å². The summed E-state index contributed by atoms with van der Waals surface area (Å²) in [4.78, 5) is 25.0. The van der Waals surface area contributed by atoms with Crippen molar-refractivity contribution >= 4 is 35.1 Å². The lowest BCUT2D eigenvalue weighted by atomic mass is 9.90. The van der Waals surface area contributed by atoms with Crippen LogP contribution < -0.4 is 5.32 Å². The lowest BCUT2D eigenvalue weighted by molar-refractivity contribution is -0.141. The minimum Gasteiger partial charge on any atom is -0.480 e. The summed E-state index contributed by atoms with van der Waals surface area (Å²) in [5.41, 5.74) is 2.16. The molecule has 0 fully saturated rings. The smallest absolute Gasteiger partial charge is 0.326 e. The molecule has 148 valence electrons. The van der Waals surface area contributed by atoms with E-state index >= 15 is 0 Å². The maximum absolute atomic E-state index is 13.2. The number of nitrogens with one attached hydrogen (secondary N) is 1. The lowest BCUT2D eigenvalue weighted by Crippen LogP contribution is -2.44. The van der Waals surface area contributed by atoms with Crippen LogP contribution in [0.2, 0.25) is 10.0 Å². The molecular weight excluding hydrogens is 409 g/mol. The third kappa shape index (κ3) is 5.37. The molecule has 3 aromatic rings. The maximum atomic E-state index is 13.2. The Morgan fingerprint density at radius 3 is 1.90 bits per heavy atom. The van der Waals surface area contributed by atoms with Crippen LogP contribution in [0.15, 0.2) is 78.9 Å². The fraction of sp³-hybridized carbons (Fsp3) is 0.130. The summed E-state index contributed by atoms with van der Waals surface area (Å²) >= 11 is 12.1. The molecule has 0 saturated heterocycles. The van der Waals surface area contributed by atoms with Crippen LogP contribution in [-0.4, -0.2) is 23.0 Å². The van der Waals surface area contributed by atoms with Crippen molar-refractivity contribution in [3.8, 4) is 0 Å². The number of amides is 1. The fourth-order valence-corrected chi connectivity index (χ4v) is 3.63. The second-order valence-corrected chi connectivity index (χ2v) is 7.44. The molecule has 29 heavy (non-hydrogen) atoms. The standard InChI is InChI=1S/C23H19Cl2NO3/c24-18-12-11-17(19(25)14-18)13-20(23(28)29)26-22(27)21(15-7-3-1-4-8-15)16-9-5-2-6-10-16/h1-12,14,20-21H,13H2,(H,26,27)(H,28,29)/t20-/m1/s1. The summed E-state index contributed by atoms with van der Waals surface area (Å²) in [6, 6.07) is 22.3. The van der Waals surface area contributed by atoms with Crippen LogP contribution in [0.3, 0.4) is 0 Å². The average molecular weight is 428 g/mol. The Hall–Kier alpha value is -2.82. The monoisotopic (exact) mass is 427 g/mol. The molecule has 0 aliphatic carbocycles. The van der Waals surface area contributed by atoms with Crippen molar-refractivity contribution in [2.24, 2.45) is 0 Å². The zero-order valence-electron chi connectivity index (χ0n) is 15.4. The Morgan fingerprint density at radius 1 is 0.862 bits per heavy atom. The van der Waals surface area contributed by atoms with Crippen molar-refractivity contribution < 1.29 is 14.7 Å². The first-order chi connectivity index (χ1) is 14.0. The van der Waals surface area contributed by atoms with Gasteiger partial charge in [0.2, 0.25) is 5.91 Å². The Balaban J connectivity index is 1.87. The molecule has 0 aromatic heterocycles. The van der Waals surface area contributed by atoms with Crippen LogP contribution in [0.1, 0.15) is 22.6 Å². The number of carbonyl (C=O) groups is 2. The van der Waals surface area contributed by atoms with Crippen molar-refractivity contribution in [1.82, 2.24) is 5.32 Å². The number of hydrogen-bond acceptors (Lipinski definition) is 2. The molecule has 1 amide bonds. The number of carboxylic acid groups (broad SMARTS) is 1. The Kier molecular flexibility index (Phi) is 6.91. The van der Waals surface area contributed by atoms with E-state index in [0.717, 1.165) is 11.1 Å². The summed E-state index contributed by atoms with van der Waals surface area (Å²) in [5.74, 6) is -2.15. The zero-order valence-corrected chi connectivity index (χ0v) is 16.9. The Labute approximate surface area is 179 Å². The molecule has 0 aliphatic heterocycles. The predicted molar refractivity (Wildman–Crippen MR) is 114 cm³/mol. The van der Waals surface area contributed by atoms with Gasteiger partial charge in [-0.1, -0.05) is 89.9 Å². The van der Waals surface area contributed by atoms with E-state index in [0.29, 0.717) is 15.6 Å². The van der Waals surface area contributed by atoms with E-state index in [-0.39, 0.29) is 12.3 Å². The maximum Gasteiger partial charge on any atom is 0.326 e. The lowest BCUT2D eigenvalue weighted by Gasteiger charge is -2.21. The highest BCUT2D eigenvalue weighted by Crippen LogP contribution is 2.26. The second kappa shape index (κ2) is 9.59. The summed E-state index contributed by atoms with van der Waals surface area (Å²) in [5, 5.41) is 13.2. The van der Waals surface area contributed by atoms with E-state index in [2.05, 4.69) is 5.32 Å². The minimum absolute atomic E-state index is 0.0490. The van der Waals surface area contributed by atoms with E-state index in [1.54, 1.807) is 18.2 Å². The van der Waals surface area contributed by atoms with Crippen molar-refractivity contribution in [1.29, 1.82) is 0 Å². The van der Waals surface area contributed by atoms with E-state index < -0.39 is 17.9 Å². The molecule has 4 nitrogen and oxygen atoms in total. The predicted octanol–water partition coefficient (Wildman–Crippen LogP) is 4.94. The van der Waals surface area contributed by atoms with Gasteiger partial charge in [0.1, 0.15) is 6.04 Å². The van der Waals surface area contributed by atoms with Gasteiger partial charge in [0.05, 0.1) is 5.92 Å². The number of hydrogen-bond donors (Lipinski definition) is 2. The molecule has 2 N–H and O–H groups in total. The molecule has 3 aromatic carbocycles. The summed E-state index contributed by atoms with van der Waals surface area (Å²) in [7, 11) is 0. The van der Waals surface area contributed by atoms with Crippen LogP contribution in [0.25, 0.3) is 0 Å².